The van der Waals surface area contributed by atoms with Crippen LogP contribution in [0.3, 0.4) is 0 Å². The Balaban J connectivity index is 1.10. The molecule has 1 saturated heterocycles. The summed E-state index contributed by atoms with van der Waals surface area (Å²) in [6, 6.07) is 3.57. The van der Waals surface area contributed by atoms with E-state index in [0.29, 0.717) is 35.9 Å². The first-order valence-corrected chi connectivity index (χ1v) is 10.3. The molecule has 5 rings (SSSR count). The van der Waals surface area contributed by atoms with Gasteiger partial charge in [0.25, 0.3) is 5.91 Å². The molecule has 1 aliphatic heterocycles. The number of furan rings is 1. The molecule has 2 fully saturated rings. The highest BCUT2D eigenvalue weighted by Gasteiger charge is 2.54. The molecule has 3 aromatic rings. The van der Waals surface area contributed by atoms with E-state index >= 15 is 0 Å². The van der Waals surface area contributed by atoms with E-state index in [0.717, 1.165) is 37.7 Å². The van der Waals surface area contributed by atoms with Gasteiger partial charge in [0.15, 0.2) is 11.3 Å². The number of pyridine rings is 1. The monoisotopic (exact) mass is 405 g/mol. The van der Waals surface area contributed by atoms with Crippen molar-refractivity contribution in [3.8, 4) is 0 Å². The Morgan fingerprint density at radius 1 is 1.17 bits per heavy atom. The largest absolute Gasteiger partial charge is 0.449 e. The minimum atomic E-state index is -0.190. The van der Waals surface area contributed by atoms with Crippen molar-refractivity contribution in [3.63, 3.8) is 0 Å². The normalized spacial score (nSPS) is 19.7. The lowest BCUT2D eigenvalue weighted by molar-refractivity contribution is -0.132. The van der Waals surface area contributed by atoms with E-state index in [1.54, 1.807) is 37.1 Å². The van der Waals surface area contributed by atoms with Crippen LogP contribution >= 0.6 is 0 Å². The highest BCUT2D eigenvalue weighted by molar-refractivity contribution is 5.95. The summed E-state index contributed by atoms with van der Waals surface area (Å²) in [6.07, 6.45) is 11.5. The molecule has 1 unspecified atom stereocenters. The Hall–Kier alpha value is -3.29. The van der Waals surface area contributed by atoms with Crippen molar-refractivity contribution < 1.29 is 14.0 Å². The predicted molar refractivity (Wildman–Crippen MR) is 108 cm³/mol. The van der Waals surface area contributed by atoms with Crippen molar-refractivity contribution in [2.24, 2.45) is 11.3 Å². The summed E-state index contributed by atoms with van der Waals surface area (Å²) in [5, 5.41) is 3.88. The van der Waals surface area contributed by atoms with E-state index in [2.05, 4.69) is 20.3 Å². The second-order valence-electron chi connectivity index (χ2n) is 8.25. The number of hydrogen-bond acceptors (Lipinski definition) is 6. The van der Waals surface area contributed by atoms with E-state index in [-0.39, 0.29) is 17.2 Å². The first-order valence-electron chi connectivity index (χ1n) is 10.3. The zero-order valence-corrected chi connectivity index (χ0v) is 16.6. The van der Waals surface area contributed by atoms with Crippen molar-refractivity contribution in [1.82, 2.24) is 25.2 Å². The fraction of sp³-hybridized carbons (Fsp3) is 0.409. The highest BCUT2D eigenvalue weighted by atomic mass is 16.3. The van der Waals surface area contributed by atoms with Crippen molar-refractivity contribution >= 4 is 22.8 Å². The van der Waals surface area contributed by atoms with Gasteiger partial charge in [-0.05, 0) is 42.7 Å². The van der Waals surface area contributed by atoms with E-state index < -0.39 is 0 Å². The molecular formula is C22H23N5O3. The van der Waals surface area contributed by atoms with Gasteiger partial charge in [0.05, 0.1) is 18.3 Å². The van der Waals surface area contributed by atoms with Crippen LogP contribution in [0, 0.1) is 11.3 Å². The number of likely N-dealkylation sites (tertiary alicyclic amines) is 1. The van der Waals surface area contributed by atoms with E-state index in [4.69, 9.17) is 4.42 Å². The zero-order valence-electron chi connectivity index (χ0n) is 16.6. The third-order valence-electron chi connectivity index (χ3n) is 6.48. The van der Waals surface area contributed by atoms with Gasteiger partial charge in [-0.2, -0.15) is 0 Å². The summed E-state index contributed by atoms with van der Waals surface area (Å²) >= 11 is 0. The molecule has 0 radical (unpaired) electrons. The molecule has 2 aliphatic rings. The number of carbonyl (C=O) groups is 2. The van der Waals surface area contributed by atoms with Crippen LogP contribution in [0.1, 0.15) is 35.5 Å². The fourth-order valence-corrected chi connectivity index (χ4v) is 4.52. The average Bonchev–Trinajstić information content (AvgIpc) is 3.25. The Bertz CT molecular complexity index is 1040. The number of amides is 2. The first-order chi connectivity index (χ1) is 14.6. The smallest absolute Gasteiger partial charge is 0.287 e. The first kappa shape index (κ1) is 18.7. The lowest BCUT2D eigenvalue weighted by Crippen LogP contribution is -2.41. The maximum Gasteiger partial charge on any atom is 0.287 e. The van der Waals surface area contributed by atoms with Crippen molar-refractivity contribution in [1.29, 1.82) is 0 Å². The summed E-state index contributed by atoms with van der Waals surface area (Å²) < 4.78 is 5.58. The van der Waals surface area contributed by atoms with Gasteiger partial charge in [0.2, 0.25) is 5.91 Å². The Kier molecular flexibility index (Phi) is 4.69. The summed E-state index contributed by atoms with van der Waals surface area (Å²) in [4.78, 5) is 39.1. The molecule has 1 aliphatic carbocycles. The number of nitrogens with one attached hydrogen (secondary N) is 1. The third kappa shape index (κ3) is 3.65. The summed E-state index contributed by atoms with van der Waals surface area (Å²) in [5.41, 5.74) is 1.58. The lowest BCUT2D eigenvalue weighted by atomic mass is 9.90. The van der Waals surface area contributed by atoms with Crippen LogP contribution in [0.2, 0.25) is 0 Å². The Labute approximate surface area is 173 Å². The lowest BCUT2D eigenvalue weighted by Gasteiger charge is -2.33. The van der Waals surface area contributed by atoms with Crippen molar-refractivity contribution in [3.05, 3.63) is 54.6 Å². The number of aromatic nitrogens is 3. The third-order valence-corrected chi connectivity index (χ3v) is 6.48. The molecule has 1 atom stereocenters. The number of fused-ring (bicyclic) bond motifs is 1. The molecule has 154 valence electrons. The van der Waals surface area contributed by atoms with Gasteiger partial charge in [0, 0.05) is 49.8 Å². The fourth-order valence-electron chi connectivity index (χ4n) is 4.52. The van der Waals surface area contributed by atoms with Crippen LogP contribution in [0.5, 0.6) is 0 Å². The molecule has 1 saturated carbocycles. The minimum Gasteiger partial charge on any atom is -0.449 e. The molecule has 2 amide bonds. The molecule has 0 bridgehead atoms. The van der Waals surface area contributed by atoms with Gasteiger partial charge < -0.3 is 14.6 Å². The van der Waals surface area contributed by atoms with Crippen molar-refractivity contribution in [2.45, 2.75) is 25.7 Å². The molecule has 8 nitrogen and oxygen atoms in total. The highest BCUT2D eigenvalue weighted by Crippen LogP contribution is 2.59. The summed E-state index contributed by atoms with van der Waals surface area (Å²) in [5.74, 6) is 0.696. The molecule has 30 heavy (non-hydrogen) atoms. The summed E-state index contributed by atoms with van der Waals surface area (Å²) in [7, 11) is 0. The molecule has 8 heteroatoms. The maximum atomic E-state index is 12.5. The Morgan fingerprint density at radius 2 is 2.00 bits per heavy atom. The maximum absolute atomic E-state index is 12.5. The van der Waals surface area contributed by atoms with Gasteiger partial charge >= 0.3 is 0 Å². The average molecular weight is 405 g/mol. The van der Waals surface area contributed by atoms with Gasteiger partial charge in [0.1, 0.15) is 0 Å². The number of nitrogens with zero attached hydrogens (tertiary/aromatic N) is 4. The topological polar surface area (TPSA) is 101 Å². The van der Waals surface area contributed by atoms with Gasteiger partial charge in [-0.15, -0.1) is 0 Å². The number of piperidine rings is 1. The predicted octanol–water partition coefficient (Wildman–Crippen LogP) is 2.22. The SMILES string of the molecule is O=C(NCC1CC12CCN(C(=O)Cc1cnccn1)CC2)c1cc2ccncc2o1. The molecule has 1 spiro atoms. The molecular weight excluding hydrogens is 382 g/mol. The molecule has 0 aromatic carbocycles. The zero-order chi connectivity index (χ0) is 20.6. The molecule has 3 aromatic heterocycles. The van der Waals surface area contributed by atoms with Crippen LogP contribution in [0.15, 0.2) is 47.5 Å². The van der Waals surface area contributed by atoms with Gasteiger partial charge in [-0.1, -0.05) is 0 Å². The van der Waals surface area contributed by atoms with E-state index in [1.165, 1.54) is 0 Å². The standard InChI is InChI=1S/C22H23N5O3/c28-20(10-17-13-24-5-6-25-17)27-7-2-22(3-8-27)11-16(22)12-26-21(29)18-9-15-1-4-23-14-19(15)30-18/h1,4-6,9,13-14,16H,2-3,7-8,10-12H2,(H,26,29). The molecule has 1 N–H and O–H groups in total. The summed E-state index contributed by atoms with van der Waals surface area (Å²) in [6.45, 7) is 2.17. The van der Waals surface area contributed by atoms with E-state index in [9.17, 15) is 9.59 Å². The molecule has 4 heterocycles. The van der Waals surface area contributed by atoms with Crippen LogP contribution in [0.25, 0.3) is 11.0 Å². The minimum absolute atomic E-state index is 0.107. The number of carbonyl (C=O) groups excluding carboxylic acids is 2. The second kappa shape index (κ2) is 7.51. The quantitative estimate of drug-likeness (QED) is 0.698. The van der Waals surface area contributed by atoms with Crippen molar-refractivity contribution in [2.75, 3.05) is 19.6 Å². The van der Waals surface area contributed by atoms with Gasteiger partial charge in [-0.3, -0.25) is 24.5 Å². The Morgan fingerprint density at radius 3 is 2.77 bits per heavy atom. The van der Waals surface area contributed by atoms with Crippen LogP contribution in [-0.4, -0.2) is 51.3 Å². The number of hydrogen-bond donors (Lipinski definition) is 1. The second-order valence-corrected chi connectivity index (χ2v) is 8.25. The van der Waals surface area contributed by atoms with Crippen LogP contribution in [-0.2, 0) is 11.2 Å². The van der Waals surface area contributed by atoms with Gasteiger partial charge in [-0.25, -0.2) is 0 Å². The number of rotatable bonds is 5. The van der Waals surface area contributed by atoms with Crippen LogP contribution in [0.4, 0.5) is 0 Å². The van der Waals surface area contributed by atoms with E-state index in [1.807, 2.05) is 11.0 Å². The van der Waals surface area contributed by atoms with Crippen LogP contribution < -0.4 is 5.32 Å².